The number of carbonyl (C=O) groups excluding carboxylic acids is 3. The normalized spacial score (nSPS) is 15.9. The van der Waals surface area contributed by atoms with E-state index in [0.717, 1.165) is 22.7 Å². The number of carbonyl (C=O) groups is 3. The van der Waals surface area contributed by atoms with Crippen molar-refractivity contribution in [1.82, 2.24) is 30.2 Å². The minimum Gasteiger partial charge on any atom is -0.370 e. The minimum absolute atomic E-state index is 0.0818. The molecule has 0 bridgehead atoms. The number of amides is 2. The van der Waals surface area contributed by atoms with E-state index in [0.29, 0.717) is 25.9 Å². The molecule has 4 rings (SSSR count). The second-order valence-electron chi connectivity index (χ2n) is 9.68. The third-order valence-corrected chi connectivity index (χ3v) is 8.26. The van der Waals surface area contributed by atoms with Crippen LogP contribution in [-0.2, 0) is 26.0 Å². The number of H-pyrrole nitrogens is 1. The monoisotopic (exact) mass is 588 g/mol. The minimum atomic E-state index is -3.73. The number of aromatic nitrogens is 2. The van der Waals surface area contributed by atoms with Gasteiger partial charge in [0.15, 0.2) is 11.0 Å². The van der Waals surface area contributed by atoms with Gasteiger partial charge in [-0.1, -0.05) is 18.2 Å². The summed E-state index contributed by atoms with van der Waals surface area (Å²) >= 11 is 1.17. The molecule has 1 aromatic carbocycles. The third kappa shape index (κ3) is 7.43. The molecule has 1 aliphatic heterocycles. The Labute approximate surface area is 235 Å². The SMILES string of the molecule is CS(=O)(=O)NC(C(=O)NCC(=O)NC(Cc1c[nH]c2ccccc12)C(=O)c1nccs1)C1CCN(C(=N)N)CC1. The zero-order chi connectivity index (χ0) is 28.9. The number of aromatic amines is 1. The van der Waals surface area contributed by atoms with E-state index in [1.54, 1.807) is 16.5 Å². The fraction of sp³-hybridized carbons (Fsp3) is 0.400. The smallest absolute Gasteiger partial charge is 0.240 e. The predicted octanol–water partition coefficient (Wildman–Crippen LogP) is 0.174. The molecule has 1 saturated heterocycles. The number of nitrogens with two attached hydrogens (primary N) is 1. The van der Waals surface area contributed by atoms with E-state index >= 15 is 0 Å². The summed E-state index contributed by atoms with van der Waals surface area (Å²) in [5.41, 5.74) is 7.27. The first-order valence-corrected chi connectivity index (χ1v) is 15.4. The van der Waals surface area contributed by atoms with Gasteiger partial charge in [-0.3, -0.25) is 19.8 Å². The van der Waals surface area contributed by atoms with Crippen LogP contribution in [0.25, 0.3) is 10.9 Å². The van der Waals surface area contributed by atoms with Crippen LogP contribution in [0, 0.1) is 11.3 Å². The highest BCUT2D eigenvalue weighted by molar-refractivity contribution is 7.88. The molecule has 0 aliphatic carbocycles. The molecule has 214 valence electrons. The van der Waals surface area contributed by atoms with E-state index in [-0.39, 0.29) is 29.1 Å². The number of fused-ring (bicyclic) bond motifs is 1. The Hall–Kier alpha value is -3.82. The molecule has 3 heterocycles. The molecule has 15 heteroatoms. The maximum Gasteiger partial charge on any atom is 0.240 e. The topological polar surface area (TPSA) is 203 Å². The van der Waals surface area contributed by atoms with Crippen LogP contribution in [0.4, 0.5) is 0 Å². The van der Waals surface area contributed by atoms with Gasteiger partial charge in [0, 0.05) is 48.2 Å². The first-order chi connectivity index (χ1) is 19.0. The molecule has 3 aromatic rings. The Morgan fingerprint density at radius 3 is 2.62 bits per heavy atom. The summed E-state index contributed by atoms with van der Waals surface area (Å²) in [6, 6.07) is 5.58. The molecular weight excluding hydrogens is 556 g/mol. The number of likely N-dealkylation sites (tertiary alicyclic amines) is 1. The number of ketones is 1. The number of para-hydroxylation sites is 1. The maximum absolute atomic E-state index is 13.2. The average Bonchev–Trinajstić information content (AvgIpc) is 3.60. The molecule has 7 N–H and O–H groups in total. The van der Waals surface area contributed by atoms with E-state index in [9.17, 15) is 22.8 Å². The molecule has 2 aromatic heterocycles. The number of thiazole rings is 1. The van der Waals surface area contributed by atoms with E-state index in [1.165, 1.54) is 17.5 Å². The number of Topliss-reactive ketones (excluding diaryl/α,β-unsaturated/α-hetero) is 1. The predicted molar refractivity (Wildman–Crippen MR) is 151 cm³/mol. The van der Waals surface area contributed by atoms with Crippen molar-refractivity contribution in [3.63, 3.8) is 0 Å². The van der Waals surface area contributed by atoms with Crippen LogP contribution in [0.2, 0.25) is 0 Å². The second kappa shape index (κ2) is 12.6. The lowest BCUT2D eigenvalue weighted by Gasteiger charge is -2.35. The summed E-state index contributed by atoms with van der Waals surface area (Å²) in [5, 5.41) is 15.7. The molecule has 13 nitrogen and oxygen atoms in total. The molecule has 0 saturated carbocycles. The summed E-state index contributed by atoms with van der Waals surface area (Å²) in [6.07, 6.45) is 5.33. The Bertz CT molecular complexity index is 1480. The first-order valence-electron chi connectivity index (χ1n) is 12.6. The van der Waals surface area contributed by atoms with Crippen LogP contribution < -0.4 is 21.1 Å². The fourth-order valence-electron chi connectivity index (χ4n) is 4.81. The van der Waals surface area contributed by atoms with Gasteiger partial charge >= 0.3 is 0 Å². The summed E-state index contributed by atoms with van der Waals surface area (Å²) in [5.74, 6) is -2.04. The Morgan fingerprint density at radius 1 is 1.25 bits per heavy atom. The first kappa shape index (κ1) is 29.2. The molecule has 0 radical (unpaired) electrons. The lowest BCUT2D eigenvalue weighted by Crippen LogP contribution is -2.55. The second-order valence-corrected chi connectivity index (χ2v) is 12.4. The standard InChI is InChI=1S/C25H32N8O5S2/c1-40(37,38)32-21(15-6-9-33(10-7-15)25(26)27)23(36)30-14-20(34)31-19(22(35)24-28-8-11-39-24)12-16-13-29-18-5-3-2-4-17(16)18/h2-5,8,11,13,15,19,21,29,32H,6-7,9-10,12,14H2,1H3,(H3,26,27)(H,30,36)(H,31,34). The fourth-order valence-corrected chi connectivity index (χ4v) is 6.21. The van der Waals surface area contributed by atoms with E-state index < -0.39 is 40.5 Å². The van der Waals surface area contributed by atoms with Gasteiger partial charge in [0.2, 0.25) is 27.6 Å². The van der Waals surface area contributed by atoms with E-state index in [4.69, 9.17) is 11.1 Å². The number of piperidine rings is 1. The quantitative estimate of drug-likeness (QED) is 0.103. The number of hydrogen-bond acceptors (Lipinski definition) is 8. The molecule has 2 amide bonds. The van der Waals surface area contributed by atoms with Gasteiger partial charge in [0.1, 0.15) is 6.04 Å². The number of benzene rings is 1. The average molecular weight is 589 g/mol. The van der Waals surface area contributed by atoms with Gasteiger partial charge in [-0.15, -0.1) is 11.3 Å². The van der Waals surface area contributed by atoms with Gasteiger partial charge in [0.25, 0.3) is 0 Å². The van der Waals surface area contributed by atoms with Crippen molar-refractivity contribution in [2.24, 2.45) is 11.7 Å². The summed E-state index contributed by atoms with van der Waals surface area (Å²) in [7, 11) is -3.73. The van der Waals surface area contributed by atoms with Crippen molar-refractivity contribution >= 4 is 55.8 Å². The van der Waals surface area contributed by atoms with Crippen molar-refractivity contribution in [3.05, 3.63) is 52.6 Å². The van der Waals surface area contributed by atoms with Crippen molar-refractivity contribution in [1.29, 1.82) is 5.41 Å². The number of nitrogens with zero attached hydrogens (tertiary/aromatic N) is 2. The van der Waals surface area contributed by atoms with Crippen LogP contribution in [0.1, 0.15) is 28.2 Å². The Kier molecular flexibility index (Phi) is 9.17. The lowest BCUT2D eigenvalue weighted by atomic mass is 9.89. The van der Waals surface area contributed by atoms with Crippen molar-refractivity contribution < 1.29 is 22.8 Å². The van der Waals surface area contributed by atoms with Crippen molar-refractivity contribution in [3.8, 4) is 0 Å². The van der Waals surface area contributed by atoms with Gasteiger partial charge in [-0.25, -0.2) is 18.1 Å². The Morgan fingerprint density at radius 2 is 1.98 bits per heavy atom. The van der Waals surface area contributed by atoms with Crippen LogP contribution >= 0.6 is 11.3 Å². The lowest BCUT2D eigenvalue weighted by molar-refractivity contribution is -0.128. The highest BCUT2D eigenvalue weighted by Gasteiger charge is 2.34. The molecule has 1 aliphatic rings. The van der Waals surface area contributed by atoms with Crippen LogP contribution in [-0.4, -0.2) is 84.8 Å². The van der Waals surface area contributed by atoms with Crippen LogP contribution in [0.3, 0.4) is 0 Å². The number of hydrogen-bond donors (Lipinski definition) is 6. The number of rotatable bonds is 11. The van der Waals surface area contributed by atoms with Gasteiger partial charge in [0.05, 0.1) is 18.8 Å². The molecule has 1 fully saturated rings. The van der Waals surface area contributed by atoms with Gasteiger partial charge in [-0.05, 0) is 30.4 Å². The number of sulfonamides is 1. The molecule has 2 atom stereocenters. The highest BCUT2D eigenvalue weighted by Crippen LogP contribution is 2.22. The van der Waals surface area contributed by atoms with E-state index in [1.807, 2.05) is 24.3 Å². The number of guanidine groups is 1. The van der Waals surface area contributed by atoms with Gasteiger partial charge < -0.3 is 26.3 Å². The third-order valence-electron chi connectivity index (χ3n) is 6.79. The zero-order valence-corrected chi connectivity index (χ0v) is 23.5. The van der Waals surface area contributed by atoms with E-state index in [2.05, 4.69) is 25.3 Å². The Balaban J connectivity index is 1.43. The summed E-state index contributed by atoms with van der Waals surface area (Å²) in [4.78, 5) is 48.1. The van der Waals surface area contributed by atoms with Crippen molar-refractivity contribution in [2.45, 2.75) is 31.3 Å². The molecule has 2 unspecified atom stereocenters. The summed E-state index contributed by atoms with van der Waals surface area (Å²) < 4.78 is 26.4. The number of nitrogens with one attached hydrogen (secondary N) is 5. The zero-order valence-electron chi connectivity index (χ0n) is 21.8. The van der Waals surface area contributed by atoms with Crippen molar-refractivity contribution in [2.75, 3.05) is 25.9 Å². The van der Waals surface area contributed by atoms with Crippen LogP contribution in [0.5, 0.6) is 0 Å². The molecular formula is C25H32N8O5S2. The maximum atomic E-state index is 13.2. The molecule has 40 heavy (non-hydrogen) atoms. The molecule has 0 spiro atoms. The van der Waals surface area contributed by atoms with Gasteiger partial charge in [-0.2, -0.15) is 0 Å². The van der Waals surface area contributed by atoms with Crippen LogP contribution in [0.15, 0.2) is 42.0 Å². The largest absolute Gasteiger partial charge is 0.370 e. The summed E-state index contributed by atoms with van der Waals surface area (Å²) in [6.45, 7) is 0.358. The highest BCUT2D eigenvalue weighted by atomic mass is 32.2.